The molecule has 4 nitrogen and oxygen atoms in total. The maximum atomic E-state index is 12.8. The van der Waals surface area contributed by atoms with Crippen molar-refractivity contribution in [1.82, 2.24) is 4.57 Å². The van der Waals surface area contributed by atoms with Crippen molar-refractivity contribution in [2.45, 2.75) is 13.5 Å². The van der Waals surface area contributed by atoms with Crippen LogP contribution in [0.4, 0.5) is 0 Å². The maximum Gasteiger partial charge on any atom is 0.229 e. The van der Waals surface area contributed by atoms with Gasteiger partial charge < -0.3 is 9.30 Å². The van der Waals surface area contributed by atoms with Gasteiger partial charge in [-0.25, -0.2) is 0 Å². The molecule has 0 atom stereocenters. The first-order chi connectivity index (χ1) is 10.2. The Morgan fingerprint density at radius 1 is 1.00 bits per heavy atom. The van der Waals surface area contributed by atoms with Gasteiger partial charge in [-0.1, -0.05) is 24.3 Å². The van der Waals surface area contributed by atoms with Crippen LogP contribution in [0.15, 0.2) is 48.4 Å². The second kappa shape index (κ2) is 5.05. The molecule has 0 bridgehead atoms. The van der Waals surface area contributed by atoms with Crippen molar-refractivity contribution in [3.05, 3.63) is 65.2 Å². The molecule has 3 rings (SSSR count). The van der Waals surface area contributed by atoms with Gasteiger partial charge in [0.2, 0.25) is 5.78 Å². The van der Waals surface area contributed by atoms with Crippen molar-refractivity contribution in [1.29, 1.82) is 0 Å². The van der Waals surface area contributed by atoms with E-state index in [0.717, 1.165) is 0 Å². The summed E-state index contributed by atoms with van der Waals surface area (Å²) in [6, 6.07) is 10.5. The van der Waals surface area contributed by atoms with Gasteiger partial charge in [0.1, 0.15) is 0 Å². The lowest BCUT2D eigenvalue weighted by Gasteiger charge is -2.20. The monoisotopic (exact) mass is 281 g/mol. The summed E-state index contributed by atoms with van der Waals surface area (Å²) in [7, 11) is 1.42. The van der Waals surface area contributed by atoms with Gasteiger partial charge >= 0.3 is 0 Å². The number of allylic oxidation sites excluding steroid dienone is 2. The van der Waals surface area contributed by atoms with E-state index in [-0.39, 0.29) is 17.3 Å². The standard InChI is InChI=1S/C17H15NO3/c1-3-18-10-6-9-13(18)14-15(19)11-7-4-5-8-12(11)16(20)17(14)21-2/h4-10H,3H2,1-2H3. The van der Waals surface area contributed by atoms with E-state index in [9.17, 15) is 9.59 Å². The Labute approximate surface area is 122 Å². The molecule has 1 aromatic carbocycles. The van der Waals surface area contributed by atoms with Crippen LogP contribution in [0.3, 0.4) is 0 Å². The number of Topliss-reactive ketones (excluding diaryl/α,β-unsaturated/α-hetero) is 2. The molecule has 0 saturated carbocycles. The lowest BCUT2D eigenvalue weighted by Crippen LogP contribution is -2.23. The summed E-state index contributed by atoms with van der Waals surface area (Å²) < 4.78 is 7.19. The number of benzene rings is 1. The summed E-state index contributed by atoms with van der Waals surface area (Å²) >= 11 is 0. The zero-order valence-corrected chi connectivity index (χ0v) is 11.9. The maximum absolute atomic E-state index is 12.8. The summed E-state index contributed by atoms with van der Waals surface area (Å²) in [5, 5.41) is 0. The summed E-state index contributed by atoms with van der Waals surface area (Å²) in [6.07, 6.45) is 1.88. The third kappa shape index (κ3) is 1.91. The number of ketones is 2. The van der Waals surface area contributed by atoms with E-state index in [0.29, 0.717) is 28.9 Å². The topological polar surface area (TPSA) is 48.3 Å². The number of rotatable bonds is 3. The minimum atomic E-state index is -0.244. The predicted octanol–water partition coefficient (Wildman–Crippen LogP) is 2.94. The zero-order chi connectivity index (χ0) is 15.0. The highest BCUT2D eigenvalue weighted by Crippen LogP contribution is 2.32. The normalized spacial score (nSPS) is 14.4. The second-order valence-corrected chi connectivity index (χ2v) is 4.79. The van der Waals surface area contributed by atoms with E-state index < -0.39 is 0 Å². The van der Waals surface area contributed by atoms with Crippen LogP contribution in [0.5, 0.6) is 0 Å². The van der Waals surface area contributed by atoms with Crippen molar-refractivity contribution >= 4 is 17.1 Å². The molecule has 0 unspecified atom stereocenters. The van der Waals surface area contributed by atoms with Gasteiger partial charge in [-0.2, -0.15) is 0 Å². The van der Waals surface area contributed by atoms with E-state index in [1.165, 1.54) is 7.11 Å². The first kappa shape index (κ1) is 13.4. The third-order valence-corrected chi connectivity index (χ3v) is 3.71. The van der Waals surface area contributed by atoms with Crippen molar-refractivity contribution in [3.63, 3.8) is 0 Å². The summed E-state index contributed by atoms with van der Waals surface area (Å²) in [5.41, 5.74) is 1.88. The second-order valence-electron chi connectivity index (χ2n) is 4.79. The Morgan fingerprint density at radius 2 is 1.67 bits per heavy atom. The van der Waals surface area contributed by atoms with E-state index in [2.05, 4.69) is 0 Å². The van der Waals surface area contributed by atoms with Gasteiger partial charge in [0.05, 0.1) is 18.4 Å². The van der Waals surface area contributed by atoms with Crippen LogP contribution >= 0.6 is 0 Å². The Kier molecular flexibility index (Phi) is 3.22. The number of methoxy groups -OCH3 is 1. The fraction of sp³-hybridized carbons (Fsp3) is 0.176. The molecule has 1 aliphatic rings. The Morgan fingerprint density at radius 3 is 2.29 bits per heavy atom. The molecule has 106 valence electrons. The molecule has 0 N–H and O–H groups in total. The van der Waals surface area contributed by atoms with Gasteiger partial charge in [-0.15, -0.1) is 0 Å². The summed E-state index contributed by atoms with van der Waals surface area (Å²) in [4.78, 5) is 25.3. The smallest absolute Gasteiger partial charge is 0.229 e. The number of aromatic nitrogens is 1. The molecule has 0 aliphatic heterocycles. The summed E-state index contributed by atoms with van der Waals surface area (Å²) in [6.45, 7) is 2.70. The van der Waals surface area contributed by atoms with Crippen molar-refractivity contribution < 1.29 is 14.3 Å². The molecule has 21 heavy (non-hydrogen) atoms. The van der Waals surface area contributed by atoms with Crippen LogP contribution < -0.4 is 0 Å². The van der Waals surface area contributed by atoms with Crippen molar-refractivity contribution in [2.75, 3.05) is 7.11 Å². The lowest BCUT2D eigenvalue weighted by molar-refractivity contribution is 0.0924. The van der Waals surface area contributed by atoms with Gasteiger partial charge in [0.15, 0.2) is 11.5 Å². The molecule has 2 aromatic rings. The first-order valence-electron chi connectivity index (χ1n) is 6.81. The predicted molar refractivity (Wildman–Crippen MR) is 79.1 cm³/mol. The minimum absolute atomic E-state index is 0.118. The zero-order valence-electron chi connectivity index (χ0n) is 11.9. The Hall–Kier alpha value is -2.62. The van der Waals surface area contributed by atoms with E-state index in [1.54, 1.807) is 24.3 Å². The molecule has 0 spiro atoms. The van der Waals surface area contributed by atoms with Crippen LogP contribution in [0.1, 0.15) is 33.3 Å². The number of hydrogen-bond donors (Lipinski definition) is 0. The highest BCUT2D eigenvalue weighted by atomic mass is 16.5. The number of nitrogens with zero attached hydrogens (tertiary/aromatic N) is 1. The highest BCUT2D eigenvalue weighted by Gasteiger charge is 2.34. The van der Waals surface area contributed by atoms with Crippen LogP contribution in [0.25, 0.3) is 5.57 Å². The largest absolute Gasteiger partial charge is 0.492 e. The first-order valence-corrected chi connectivity index (χ1v) is 6.81. The number of ether oxygens (including phenoxy) is 1. The Balaban J connectivity index is 2.27. The lowest BCUT2D eigenvalue weighted by atomic mass is 9.86. The molecule has 4 heteroatoms. The fourth-order valence-electron chi connectivity index (χ4n) is 2.70. The number of carbonyl (C=O) groups excluding carboxylic acids is 2. The van der Waals surface area contributed by atoms with Crippen LogP contribution in [-0.2, 0) is 11.3 Å². The molecule has 1 heterocycles. The quantitative estimate of drug-likeness (QED) is 0.869. The van der Waals surface area contributed by atoms with Gasteiger partial charge in [0.25, 0.3) is 0 Å². The van der Waals surface area contributed by atoms with E-state index >= 15 is 0 Å². The van der Waals surface area contributed by atoms with Gasteiger partial charge in [-0.3, -0.25) is 9.59 Å². The Bertz CT molecular complexity index is 768. The molecular formula is C17H15NO3. The average molecular weight is 281 g/mol. The van der Waals surface area contributed by atoms with Crippen molar-refractivity contribution in [2.24, 2.45) is 0 Å². The number of hydrogen-bond acceptors (Lipinski definition) is 3. The molecule has 0 radical (unpaired) electrons. The molecular weight excluding hydrogens is 266 g/mol. The molecule has 1 aromatic heterocycles. The molecule has 0 saturated heterocycles. The van der Waals surface area contributed by atoms with Crippen LogP contribution in [0.2, 0.25) is 0 Å². The average Bonchev–Trinajstić information content (AvgIpc) is 2.98. The van der Waals surface area contributed by atoms with Crippen LogP contribution in [-0.4, -0.2) is 23.2 Å². The fourth-order valence-corrected chi connectivity index (χ4v) is 2.70. The third-order valence-electron chi connectivity index (χ3n) is 3.71. The molecule has 0 fully saturated rings. The summed E-state index contributed by atoms with van der Waals surface area (Å²) in [5.74, 6) is -0.297. The molecule has 0 amide bonds. The highest BCUT2D eigenvalue weighted by molar-refractivity contribution is 6.39. The van der Waals surface area contributed by atoms with Crippen LogP contribution in [0, 0.1) is 0 Å². The van der Waals surface area contributed by atoms with Crippen molar-refractivity contribution in [3.8, 4) is 0 Å². The minimum Gasteiger partial charge on any atom is -0.492 e. The number of fused-ring (bicyclic) bond motifs is 1. The van der Waals surface area contributed by atoms with E-state index in [1.807, 2.05) is 29.8 Å². The molecule has 1 aliphatic carbocycles. The number of carbonyl (C=O) groups is 2. The van der Waals surface area contributed by atoms with E-state index in [4.69, 9.17) is 4.74 Å². The van der Waals surface area contributed by atoms with Gasteiger partial charge in [0, 0.05) is 23.9 Å². The SMILES string of the molecule is CCn1cccc1C1=C(OC)C(=O)c2ccccc2C1=O. The number of aryl methyl sites for hydroxylation is 1. The van der Waals surface area contributed by atoms with Gasteiger partial charge in [-0.05, 0) is 19.1 Å².